The van der Waals surface area contributed by atoms with Crippen LogP contribution in [0.4, 0.5) is 0 Å². The molecule has 1 aromatic rings. The van der Waals surface area contributed by atoms with E-state index in [0.717, 1.165) is 38.2 Å². The van der Waals surface area contributed by atoms with Crippen molar-refractivity contribution in [1.29, 1.82) is 0 Å². The molecule has 2 unspecified atom stereocenters. The van der Waals surface area contributed by atoms with E-state index in [1.54, 1.807) is 0 Å². The third-order valence-electron chi connectivity index (χ3n) is 4.02. The van der Waals surface area contributed by atoms with Crippen LogP contribution in [0.15, 0.2) is 24.3 Å². The van der Waals surface area contributed by atoms with Crippen LogP contribution >= 0.6 is 0 Å². The zero-order valence-electron chi connectivity index (χ0n) is 13.4. The summed E-state index contributed by atoms with van der Waals surface area (Å²) in [5.41, 5.74) is 1.31. The number of benzene rings is 1. The number of rotatable bonds is 8. The SMILES string of the molecule is CCCNC(CC)c1cccc(OCC2CCCCO2)c1. The summed E-state index contributed by atoms with van der Waals surface area (Å²) in [6.45, 7) is 7.02. The zero-order chi connectivity index (χ0) is 14.9. The summed E-state index contributed by atoms with van der Waals surface area (Å²) in [5.74, 6) is 0.957. The van der Waals surface area contributed by atoms with Gasteiger partial charge in [-0.1, -0.05) is 26.0 Å². The predicted molar refractivity (Wildman–Crippen MR) is 86.9 cm³/mol. The second-order valence-electron chi connectivity index (χ2n) is 5.79. The van der Waals surface area contributed by atoms with Crippen LogP contribution in [0.3, 0.4) is 0 Å². The quantitative estimate of drug-likeness (QED) is 0.782. The lowest BCUT2D eigenvalue weighted by Crippen LogP contribution is -2.26. The van der Waals surface area contributed by atoms with Gasteiger partial charge in [0.1, 0.15) is 12.4 Å². The Labute approximate surface area is 129 Å². The van der Waals surface area contributed by atoms with Crippen molar-refractivity contribution < 1.29 is 9.47 Å². The fraction of sp³-hybridized carbons (Fsp3) is 0.667. The molecule has 2 rings (SSSR count). The summed E-state index contributed by atoms with van der Waals surface area (Å²) >= 11 is 0. The fourth-order valence-electron chi connectivity index (χ4n) is 2.77. The largest absolute Gasteiger partial charge is 0.491 e. The molecule has 3 heteroatoms. The Bertz CT molecular complexity index is 402. The van der Waals surface area contributed by atoms with E-state index in [1.165, 1.54) is 18.4 Å². The number of nitrogens with one attached hydrogen (secondary N) is 1. The van der Waals surface area contributed by atoms with Crippen LogP contribution in [0.25, 0.3) is 0 Å². The van der Waals surface area contributed by atoms with Gasteiger partial charge in [-0.15, -0.1) is 0 Å². The minimum absolute atomic E-state index is 0.266. The summed E-state index contributed by atoms with van der Waals surface area (Å²) in [6, 6.07) is 8.89. The smallest absolute Gasteiger partial charge is 0.119 e. The van der Waals surface area contributed by atoms with E-state index >= 15 is 0 Å². The minimum atomic E-state index is 0.266. The van der Waals surface area contributed by atoms with Crippen LogP contribution in [0.2, 0.25) is 0 Å². The molecular weight excluding hydrogens is 262 g/mol. The maximum Gasteiger partial charge on any atom is 0.119 e. The first kappa shape index (κ1) is 16.3. The maximum atomic E-state index is 5.93. The van der Waals surface area contributed by atoms with Crippen LogP contribution in [0.1, 0.15) is 57.6 Å². The van der Waals surface area contributed by atoms with E-state index < -0.39 is 0 Å². The molecule has 0 amide bonds. The van der Waals surface area contributed by atoms with E-state index in [-0.39, 0.29) is 6.10 Å². The molecule has 0 aliphatic carbocycles. The van der Waals surface area contributed by atoms with Crippen molar-refractivity contribution in [1.82, 2.24) is 5.32 Å². The topological polar surface area (TPSA) is 30.5 Å². The Hall–Kier alpha value is -1.06. The summed E-state index contributed by atoms with van der Waals surface area (Å²) < 4.78 is 11.6. The van der Waals surface area contributed by atoms with Gasteiger partial charge >= 0.3 is 0 Å². The monoisotopic (exact) mass is 291 g/mol. The van der Waals surface area contributed by atoms with Gasteiger partial charge in [0.15, 0.2) is 0 Å². The van der Waals surface area contributed by atoms with Crippen molar-refractivity contribution in [3.63, 3.8) is 0 Å². The summed E-state index contributed by atoms with van der Waals surface area (Å²) in [4.78, 5) is 0. The first-order chi connectivity index (χ1) is 10.3. The van der Waals surface area contributed by atoms with Crippen molar-refractivity contribution in [3.05, 3.63) is 29.8 Å². The van der Waals surface area contributed by atoms with Crippen LogP contribution in [-0.2, 0) is 4.74 Å². The second kappa shape index (κ2) is 9.06. The predicted octanol–water partition coefficient (Wildman–Crippen LogP) is 4.09. The highest BCUT2D eigenvalue weighted by Gasteiger charge is 2.15. The molecule has 0 aromatic heterocycles. The van der Waals surface area contributed by atoms with E-state index in [9.17, 15) is 0 Å². The molecule has 3 nitrogen and oxygen atoms in total. The van der Waals surface area contributed by atoms with Gasteiger partial charge in [-0.2, -0.15) is 0 Å². The molecule has 1 aromatic carbocycles. The normalized spacial score (nSPS) is 20.2. The highest BCUT2D eigenvalue weighted by molar-refractivity contribution is 5.30. The molecule has 21 heavy (non-hydrogen) atoms. The molecule has 1 aliphatic rings. The highest BCUT2D eigenvalue weighted by atomic mass is 16.5. The highest BCUT2D eigenvalue weighted by Crippen LogP contribution is 2.22. The Morgan fingerprint density at radius 3 is 2.95 bits per heavy atom. The molecule has 1 fully saturated rings. The van der Waals surface area contributed by atoms with Crippen LogP contribution in [-0.4, -0.2) is 25.9 Å². The van der Waals surface area contributed by atoms with Gasteiger partial charge in [0, 0.05) is 12.6 Å². The van der Waals surface area contributed by atoms with E-state index in [1.807, 2.05) is 6.07 Å². The molecule has 0 spiro atoms. The second-order valence-corrected chi connectivity index (χ2v) is 5.79. The summed E-state index contributed by atoms with van der Waals surface area (Å²) in [5, 5.41) is 3.59. The Morgan fingerprint density at radius 2 is 2.24 bits per heavy atom. The maximum absolute atomic E-state index is 5.93. The molecule has 1 heterocycles. The van der Waals surface area contributed by atoms with Crippen LogP contribution in [0.5, 0.6) is 5.75 Å². The van der Waals surface area contributed by atoms with Crippen molar-refractivity contribution in [2.45, 2.75) is 58.1 Å². The molecule has 1 saturated heterocycles. The van der Waals surface area contributed by atoms with Crippen molar-refractivity contribution in [3.8, 4) is 5.75 Å². The molecule has 118 valence electrons. The fourth-order valence-corrected chi connectivity index (χ4v) is 2.77. The van der Waals surface area contributed by atoms with Crippen molar-refractivity contribution >= 4 is 0 Å². The molecule has 0 radical (unpaired) electrons. The average Bonchev–Trinajstić information content (AvgIpc) is 2.55. The molecule has 1 aliphatic heterocycles. The lowest BCUT2D eigenvalue weighted by atomic mass is 10.0. The van der Waals surface area contributed by atoms with Gasteiger partial charge in [0.2, 0.25) is 0 Å². The summed E-state index contributed by atoms with van der Waals surface area (Å²) in [6.07, 6.45) is 6.08. The lowest BCUT2D eigenvalue weighted by molar-refractivity contribution is -0.0110. The van der Waals surface area contributed by atoms with Crippen molar-refractivity contribution in [2.75, 3.05) is 19.8 Å². The molecule has 1 N–H and O–H groups in total. The lowest BCUT2D eigenvalue weighted by Gasteiger charge is -2.23. The Kier molecular flexibility index (Phi) is 7.04. The number of ether oxygens (including phenoxy) is 2. The van der Waals surface area contributed by atoms with Crippen LogP contribution < -0.4 is 10.1 Å². The van der Waals surface area contributed by atoms with E-state index in [2.05, 4.69) is 37.4 Å². The van der Waals surface area contributed by atoms with E-state index in [0.29, 0.717) is 12.6 Å². The molecule has 0 saturated carbocycles. The zero-order valence-corrected chi connectivity index (χ0v) is 13.4. The van der Waals surface area contributed by atoms with Gasteiger partial charge in [-0.3, -0.25) is 0 Å². The minimum Gasteiger partial charge on any atom is -0.491 e. The first-order valence-corrected chi connectivity index (χ1v) is 8.41. The standard InChI is InChI=1S/C18H29NO2/c1-3-11-19-18(4-2)15-8-7-10-16(13-15)21-14-17-9-5-6-12-20-17/h7-8,10,13,17-19H,3-6,9,11-12,14H2,1-2H3. The Balaban J connectivity index is 1.89. The van der Waals surface area contributed by atoms with Crippen LogP contribution in [0, 0.1) is 0 Å². The number of hydrogen-bond acceptors (Lipinski definition) is 3. The third-order valence-corrected chi connectivity index (χ3v) is 4.02. The van der Waals surface area contributed by atoms with Gasteiger partial charge in [-0.05, 0) is 56.3 Å². The average molecular weight is 291 g/mol. The molecular formula is C18H29NO2. The first-order valence-electron chi connectivity index (χ1n) is 8.41. The van der Waals surface area contributed by atoms with Gasteiger partial charge in [-0.25, -0.2) is 0 Å². The Morgan fingerprint density at radius 1 is 1.33 bits per heavy atom. The molecule has 0 bridgehead atoms. The van der Waals surface area contributed by atoms with Gasteiger partial charge in [0.05, 0.1) is 6.10 Å². The van der Waals surface area contributed by atoms with Gasteiger partial charge in [0.25, 0.3) is 0 Å². The van der Waals surface area contributed by atoms with E-state index in [4.69, 9.17) is 9.47 Å². The summed E-state index contributed by atoms with van der Waals surface area (Å²) in [7, 11) is 0. The number of hydrogen-bond donors (Lipinski definition) is 1. The van der Waals surface area contributed by atoms with Crippen molar-refractivity contribution in [2.24, 2.45) is 0 Å². The third kappa shape index (κ3) is 5.33. The van der Waals surface area contributed by atoms with Gasteiger partial charge < -0.3 is 14.8 Å². The molecule has 2 atom stereocenters.